The fourth-order valence-electron chi connectivity index (χ4n) is 3.33. The van der Waals surface area contributed by atoms with Crippen molar-refractivity contribution in [3.63, 3.8) is 0 Å². The summed E-state index contributed by atoms with van der Waals surface area (Å²) in [5.74, 6) is 0. The lowest BCUT2D eigenvalue weighted by atomic mass is 9.62. The Hall–Kier alpha value is -0.680. The maximum atomic E-state index is 10.8. The first-order valence-electron chi connectivity index (χ1n) is 6.05. The summed E-state index contributed by atoms with van der Waals surface area (Å²) in [7, 11) is 0. The minimum absolute atomic E-state index is 0. The van der Waals surface area contributed by atoms with Crippen molar-refractivity contribution in [2.75, 3.05) is 6.54 Å². The molecule has 0 aromatic carbocycles. The van der Waals surface area contributed by atoms with Crippen LogP contribution in [0.15, 0.2) is 0 Å². The van der Waals surface area contributed by atoms with Crippen LogP contribution in [0.4, 0.5) is 9.59 Å². The molecule has 0 spiro atoms. The van der Waals surface area contributed by atoms with Crippen LogP contribution in [0.3, 0.4) is 0 Å². The Balaban J connectivity index is 0.00000324. The lowest BCUT2D eigenvalue weighted by Gasteiger charge is -2.46. The number of nitrogens with one attached hydrogen (secondary N) is 2. The number of hydrogen-bond acceptors (Lipinski definition) is 2. The van der Waals surface area contributed by atoms with Gasteiger partial charge in [0, 0.05) is 12.6 Å². The fraction of sp³-hybridized carbons (Fsp3) is 0.833. The topological polar surface area (TPSA) is 78.4 Å². The van der Waals surface area contributed by atoms with Gasteiger partial charge >= 0.3 is 11.5 Å². The predicted octanol–water partition coefficient (Wildman–Crippen LogP) is 3.21. The van der Waals surface area contributed by atoms with E-state index in [-0.39, 0.29) is 29.3 Å². The lowest BCUT2D eigenvalue weighted by molar-refractivity contribution is 0.0720. The number of carbonyl (C=O) groups excluding carboxylic acids is 1. The zero-order valence-corrected chi connectivity index (χ0v) is 13.0. The first-order valence-corrected chi connectivity index (χ1v) is 6.43. The van der Waals surface area contributed by atoms with Gasteiger partial charge in [0.25, 0.3) is 0 Å². The third-order valence-corrected chi connectivity index (χ3v) is 3.56. The Morgan fingerprint density at radius 1 is 1.32 bits per heavy atom. The van der Waals surface area contributed by atoms with Gasteiger partial charge in [-0.2, -0.15) is 0 Å². The molecule has 1 aliphatic rings. The standard InChI is InChI=1S/C12H21ClN2O3.ClH/c1-11(2)4-8(15-10(17)18)5-12(3,6-11)7-14-9(13)16;/h8,15H,4-7H2,1-3H3,(H,14,16)(H,17,18);1H. The van der Waals surface area contributed by atoms with Crippen LogP contribution in [0.5, 0.6) is 0 Å². The second-order valence-corrected chi connectivity index (χ2v) is 6.68. The summed E-state index contributed by atoms with van der Waals surface area (Å²) >= 11 is 5.29. The van der Waals surface area contributed by atoms with Crippen LogP contribution in [-0.4, -0.2) is 29.2 Å². The Bertz CT molecular complexity index is 350. The summed E-state index contributed by atoms with van der Waals surface area (Å²) in [5, 5.41) is 13.4. The molecule has 2 atom stereocenters. The molecule has 0 aromatic heterocycles. The van der Waals surface area contributed by atoms with Crippen LogP contribution >= 0.6 is 24.0 Å². The minimum atomic E-state index is -0.999. The molecule has 19 heavy (non-hydrogen) atoms. The van der Waals surface area contributed by atoms with Gasteiger partial charge in [-0.1, -0.05) is 20.8 Å². The monoisotopic (exact) mass is 312 g/mol. The maximum absolute atomic E-state index is 10.8. The van der Waals surface area contributed by atoms with E-state index in [2.05, 4.69) is 31.4 Å². The van der Waals surface area contributed by atoms with Crippen molar-refractivity contribution in [3.05, 3.63) is 0 Å². The Labute approximate surface area is 124 Å². The maximum Gasteiger partial charge on any atom is 0.404 e. The van der Waals surface area contributed by atoms with E-state index in [1.165, 1.54) is 0 Å². The van der Waals surface area contributed by atoms with Gasteiger partial charge in [-0.3, -0.25) is 4.79 Å². The van der Waals surface area contributed by atoms with Crippen LogP contribution in [0.2, 0.25) is 0 Å². The Kier molecular flexibility index (Phi) is 6.42. The summed E-state index contributed by atoms with van der Waals surface area (Å²) in [6.45, 7) is 6.75. The van der Waals surface area contributed by atoms with E-state index in [1.54, 1.807) is 0 Å². The molecule has 2 unspecified atom stereocenters. The number of rotatable bonds is 3. The molecule has 5 nitrogen and oxygen atoms in total. The van der Waals surface area contributed by atoms with Crippen LogP contribution in [0.1, 0.15) is 40.0 Å². The smallest absolute Gasteiger partial charge is 0.404 e. The van der Waals surface area contributed by atoms with Gasteiger partial charge in [-0.25, -0.2) is 4.79 Å². The average Bonchev–Trinajstić information content (AvgIpc) is 2.10. The van der Waals surface area contributed by atoms with Gasteiger partial charge < -0.3 is 15.7 Å². The summed E-state index contributed by atoms with van der Waals surface area (Å²) in [5.41, 5.74) is -0.101. The molecule has 1 rings (SSSR count). The highest BCUT2D eigenvalue weighted by molar-refractivity contribution is 6.62. The van der Waals surface area contributed by atoms with Crippen molar-refractivity contribution >= 4 is 35.5 Å². The highest BCUT2D eigenvalue weighted by Gasteiger charge is 2.41. The van der Waals surface area contributed by atoms with E-state index in [4.69, 9.17) is 16.7 Å². The molecule has 1 saturated carbocycles. The average molecular weight is 313 g/mol. The SMILES string of the molecule is CC1(C)CC(NC(=O)O)CC(C)(CNC(=O)Cl)C1.Cl. The number of hydrogen-bond donors (Lipinski definition) is 3. The van der Waals surface area contributed by atoms with Crippen molar-refractivity contribution in [1.29, 1.82) is 0 Å². The molecule has 0 aromatic rings. The molecule has 0 saturated heterocycles. The number of carboxylic acid groups (broad SMARTS) is 1. The molecule has 1 fully saturated rings. The molecule has 3 N–H and O–H groups in total. The van der Waals surface area contributed by atoms with E-state index < -0.39 is 11.5 Å². The van der Waals surface area contributed by atoms with E-state index in [1.807, 2.05) is 0 Å². The predicted molar refractivity (Wildman–Crippen MR) is 77.2 cm³/mol. The highest BCUT2D eigenvalue weighted by Crippen LogP contribution is 2.45. The number of amides is 2. The normalized spacial score (nSPS) is 28.9. The molecule has 2 amide bonds. The first kappa shape index (κ1) is 18.3. The third-order valence-electron chi connectivity index (χ3n) is 3.43. The van der Waals surface area contributed by atoms with Crippen LogP contribution in [0, 0.1) is 10.8 Å². The van der Waals surface area contributed by atoms with Gasteiger partial charge in [0.15, 0.2) is 0 Å². The van der Waals surface area contributed by atoms with Gasteiger partial charge in [-0.05, 0) is 41.7 Å². The number of carbonyl (C=O) groups is 2. The number of halogens is 2. The van der Waals surface area contributed by atoms with E-state index >= 15 is 0 Å². The van der Waals surface area contributed by atoms with Gasteiger partial charge in [0.2, 0.25) is 0 Å². The Morgan fingerprint density at radius 2 is 1.89 bits per heavy atom. The molecule has 0 heterocycles. The van der Waals surface area contributed by atoms with Crippen LogP contribution in [-0.2, 0) is 0 Å². The largest absolute Gasteiger partial charge is 0.465 e. The second-order valence-electron chi connectivity index (χ2n) is 6.33. The summed E-state index contributed by atoms with van der Waals surface area (Å²) in [4.78, 5) is 21.5. The van der Waals surface area contributed by atoms with Crippen molar-refractivity contribution < 1.29 is 14.7 Å². The van der Waals surface area contributed by atoms with E-state index in [9.17, 15) is 9.59 Å². The van der Waals surface area contributed by atoms with E-state index in [0.29, 0.717) is 13.0 Å². The van der Waals surface area contributed by atoms with Crippen molar-refractivity contribution in [3.8, 4) is 0 Å². The molecule has 7 heteroatoms. The molecule has 112 valence electrons. The molecule has 1 aliphatic carbocycles. The first-order chi connectivity index (χ1) is 8.12. The molecule has 0 radical (unpaired) electrons. The second kappa shape index (κ2) is 6.66. The lowest BCUT2D eigenvalue weighted by Crippen LogP contribution is -2.49. The van der Waals surface area contributed by atoms with Crippen molar-refractivity contribution in [2.45, 2.75) is 46.1 Å². The van der Waals surface area contributed by atoms with Crippen molar-refractivity contribution in [2.24, 2.45) is 10.8 Å². The quantitative estimate of drug-likeness (QED) is 0.553. The molecule has 0 bridgehead atoms. The van der Waals surface area contributed by atoms with Crippen LogP contribution < -0.4 is 10.6 Å². The van der Waals surface area contributed by atoms with Crippen LogP contribution in [0.25, 0.3) is 0 Å². The molecular formula is C12H22Cl2N2O3. The Morgan fingerprint density at radius 3 is 2.37 bits per heavy atom. The molecule has 0 aliphatic heterocycles. The van der Waals surface area contributed by atoms with E-state index in [0.717, 1.165) is 12.8 Å². The summed E-state index contributed by atoms with van der Waals surface area (Å²) in [6, 6.07) is -0.0801. The molecular weight excluding hydrogens is 291 g/mol. The van der Waals surface area contributed by atoms with Crippen molar-refractivity contribution in [1.82, 2.24) is 10.6 Å². The summed E-state index contributed by atoms with van der Waals surface area (Å²) < 4.78 is 0. The fourth-order valence-corrected chi connectivity index (χ4v) is 3.39. The highest BCUT2D eigenvalue weighted by atomic mass is 35.5. The third kappa shape index (κ3) is 6.34. The van der Waals surface area contributed by atoms with Gasteiger partial charge in [-0.15, -0.1) is 12.4 Å². The zero-order valence-electron chi connectivity index (χ0n) is 11.5. The zero-order chi connectivity index (χ0) is 14.0. The summed E-state index contributed by atoms with van der Waals surface area (Å²) in [6.07, 6.45) is 1.44. The minimum Gasteiger partial charge on any atom is -0.465 e. The van der Waals surface area contributed by atoms with Gasteiger partial charge in [0.05, 0.1) is 0 Å². The van der Waals surface area contributed by atoms with Gasteiger partial charge in [0.1, 0.15) is 0 Å².